The van der Waals surface area contributed by atoms with E-state index in [0.29, 0.717) is 6.61 Å². The van der Waals surface area contributed by atoms with Crippen molar-refractivity contribution in [2.24, 2.45) is 0 Å². The summed E-state index contributed by atoms with van der Waals surface area (Å²) < 4.78 is 5.81. The molecule has 2 aromatic carbocycles. The van der Waals surface area contributed by atoms with Crippen LogP contribution in [0.25, 0.3) is 0 Å². The highest BCUT2D eigenvalue weighted by Gasteiger charge is 2.12. The molecule has 0 spiro atoms. The molecule has 1 N–H and O–H groups in total. The summed E-state index contributed by atoms with van der Waals surface area (Å²) in [6.45, 7) is 12.4. The van der Waals surface area contributed by atoms with Crippen molar-refractivity contribution in [1.29, 1.82) is 0 Å². The molecule has 0 bridgehead atoms. The molecule has 0 atom stereocenters. The Kier molecular flexibility index (Phi) is 5.12. The average molecular weight is 297 g/mol. The molecule has 0 saturated carbocycles. The van der Waals surface area contributed by atoms with Crippen LogP contribution in [-0.4, -0.2) is 13.2 Å². The highest BCUT2D eigenvalue weighted by molar-refractivity contribution is 5.56. The summed E-state index contributed by atoms with van der Waals surface area (Å²) in [6.07, 6.45) is 0. The van der Waals surface area contributed by atoms with Crippen LogP contribution in [0.1, 0.15) is 37.5 Å². The smallest absolute Gasteiger partial charge is 0.119 e. The lowest BCUT2D eigenvalue weighted by Crippen LogP contribution is -2.13. The van der Waals surface area contributed by atoms with Crippen LogP contribution in [0, 0.1) is 13.8 Å². The van der Waals surface area contributed by atoms with Crippen LogP contribution in [0.4, 0.5) is 5.69 Å². The molecule has 2 aromatic rings. The van der Waals surface area contributed by atoms with E-state index in [1.807, 2.05) is 0 Å². The second kappa shape index (κ2) is 6.87. The zero-order valence-electron chi connectivity index (χ0n) is 14.4. The second-order valence-electron chi connectivity index (χ2n) is 6.82. The maximum Gasteiger partial charge on any atom is 0.119 e. The van der Waals surface area contributed by atoms with E-state index in [9.17, 15) is 0 Å². The van der Waals surface area contributed by atoms with Crippen molar-refractivity contribution in [2.45, 2.75) is 40.0 Å². The molecular formula is C20H27NO. The minimum absolute atomic E-state index is 0.183. The summed E-state index contributed by atoms with van der Waals surface area (Å²) in [7, 11) is 0. The summed E-state index contributed by atoms with van der Waals surface area (Å²) in [6, 6.07) is 14.7. The van der Waals surface area contributed by atoms with Crippen molar-refractivity contribution in [1.82, 2.24) is 0 Å². The Morgan fingerprint density at radius 3 is 2.05 bits per heavy atom. The first-order chi connectivity index (χ1) is 10.4. The third kappa shape index (κ3) is 4.27. The lowest BCUT2D eigenvalue weighted by atomic mass is 9.87. The normalized spacial score (nSPS) is 11.3. The van der Waals surface area contributed by atoms with Crippen LogP contribution in [0.3, 0.4) is 0 Å². The molecule has 0 unspecified atom stereocenters. The van der Waals surface area contributed by atoms with Crippen LogP contribution < -0.4 is 10.1 Å². The van der Waals surface area contributed by atoms with Gasteiger partial charge < -0.3 is 10.1 Å². The number of para-hydroxylation sites is 1. The fraction of sp³-hybridized carbons (Fsp3) is 0.400. The van der Waals surface area contributed by atoms with Gasteiger partial charge in [0.1, 0.15) is 12.4 Å². The van der Waals surface area contributed by atoms with Crippen LogP contribution in [0.5, 0.6) is 5.75 Å². The first kappa shape index (κ1) is 16.4. The van der Waals surface area contributed by atoms with E-state index in [0.717, 1.165) is 12.3 Å². The zero-order chi connectivity index (χ0) is 16.2. The molecule has 0 amide bonds. The zero-order valence-corrected chi connectivity index (χ0v) is 14.4. The maximum absolute atomic E-state index is 5.81. The van der Waals surface area contributed by atoms with Gasteiger partial charge in [0.2, 0.25) is 0 Å². The summed E-state index contributed by atoms with van der Waals surface area (Å²) in [5.74, 6) is 0.927. The standard InChI is InChI=1S/C20H27NO/c1-15-7-6-8-16(2)19(15)21-13-14-22-18-11-9-17(10-12-18)20(3,4)5/h6-12,21H,13-14H2,1-5H3. The van der Waals surface area contributed by atoms with E-state index in [1.54, 1.807) is 0 Å². The molecular weight excluding hydrogens is 270 g/mol. The van der Waals surface area contributed by atoms with Crippen molar-refractivity contribution in [3.8, 4) is 5.75 Å². The summed E-state index contributed by atoms with van der Waals surface area (Å²) in [5.41, 5.74) is 5.27. The van der Waals surface area contributed by atoms with Gasteiger partial charge in [0.15, 0.2) is 0 Å². The molecule has 0 radical (unpaired) electrons. The summed E-state index contributed by atoms with van der Waals surface area (Å²) in [4.78, 5) is 0. The molecule has 0 aromatic heterocycles. The predicted molar refractivity (Wildman–Crippen MR) is 95.0 cm³/mol. The lowest BCUT2D eigenvalue weighted by Gasteiger charge is -2.19. The molecule has 0 aliphatic heterocycles. The Morgan fingerprint density at radius 1 is 0.909 bits per heavy atom. The highest BCUT2D eigenvalue weighted by atomic mass is 16.5. The van der Waals surface area contributed by atoms with Crippen LogP contribution in [0.2, 0.25) is 0 Å². The molecule has 0 fully saturated rings. The van der Waals surface area contributed by atoms with E-state index in [1.165, 1.54) is 22.4 Å². The molecule has 2 rings (SSSR count). The Morgan fingerprint density at radius 2 is 1.50 bits per heavy atom. The molecule has 118 valence electrons. The van der Waals surface area contributed by atoms with Crippen molar-refractivity contribution in [2.75, 3.05) is 18.5 Å². The van der Waals surface area contributed by atoms with E-state index in [4.69, 9.17) is 4.74 Å². The number of hydrogen-bond donors (Lipinski definition) is 1. The fourth-order valence-electron chi connectivity index (χ4n) is 2.49. The van der Waals surface area contributed by atoms with Gasteiger partial charge in [-0.15, -0.1) is 0 Å². The third-order valence-electron chi connectivity index (χ3n) is 3.87. The molecule has 0 aliphatic carbocycles. The number of nitrogens with one attached hydrogen (secondary N) is 1. The monoisotopic (exact) mass is 297 g/mol. The number of anilines is 1. The van der Waals surface area contributed by atoms with Gasteiger partial charge in [0.05, 0.1) is 0 Å². The van der Waals surface area contributed by atoms with Gasteiger partial charge in [-0.25, -0.2) is 0 Å². The maximum atomic E-state index is 5.81. The molecule has 0 heterocycles. The highest BCUT2D eigenvalue weighted by Crippen LogP contribution is 2.24. The topological polar surface area (TPSA) is 21.3 Å². The number of ether oxygens (including phenoxy) is 1. The van der Waals surface area contributed by atoms with Crippen molar-refractivity contribution in [3.63, 3.8) is 0 Å². The van der Waals surface area contributed by atoms with Crippen LogP contribution >= 0.6 is 0 Å². The summed E-state index contributed by atoms with van der Waals surface area (Å²) >= 11 is 0. The van der Waals surface area contributed by atoms with Gasteiger partial charge in [0.25, 0.3) is 0 Å². The predicted octanol–water partition coefficient (Wildman–Crippen LogP) is 5.09. The molecule has 2 heteroatoms. The van der Waals surface area contributed by atoms with Crippen molar-refractivity contribution in [3.05, 3.63) is 59.2 Å². The van der Waals surface area contributed by atoms with Gasteiger partial charge >= 0.3 is 0 Å². The quantitative estimate of drug-likeness (QED) is 0.776. The summed E-state index contributed by atoms with van der Waals surface area (Å²) in [5, 5.41) is 3.46. The van der Waals surface area contributed by atoms with E-state index >= 15 is 0 Å². The second-order valence-corrected chi connectivity index (χ2v) is 6.82. The number of aryl methyl sites for hydroxylation is 2. The number of hydrogen-bond acceptors (Lipinski definition) is 2. The van der Waals surface area contributed by atoms with Crippen molar-refractivity contribution < 1.29 is 4.74 Å². The SMILES string of the molecule is Cc1cccc(C)c1NCCOc1ccc(C(C)(C)C)cc1. The Hall–Kier alpha value is -1.96. The minimum Gasteiger partial charge on any atom is -0.492 e. The lowest BCUT2D eigenvalue weighted by molar-refractivity contribution is 0.332. The van der Waals surface area contributed by atoms with E-state index in [-0.39, 0.29) is 5.41 Å². The van der Waals surface area contributed by atoms with Gasteiger partial charge in [-0.05, 0) is 48.1 Å². The average Bonchev–Trinajstić information content (AvgIpc) is 2.45. The first-order valence-electron chi connectivity index (χ1n) is 7.91. The molecule has 22 heavy (non-hydrogen) atoms. The molecule has 2 nitrogen and oxygen atoms in total. The first-order valence-corrected chi connectivity index (χ1v) is 7.91. The van der Waals surface area contributed by atoms with E-state index in [2.05, 4.69) is 82.4 Å². The Balaban J connectivity index is 1.84. The minimum atomic E-state index is 0.183. The largest absolute Gasteiger partial charge is 0.492 e. The Bertz CT molecular complexity index is 588. The van der Waals surface area contributed by atoms with Gasteiger partial charge in [-0.3, -0.25) is 0 Å². The van der Waals surface area contributed by atoms with Gasteiger partial charge in [-0.2, -0.15) is 0 Å². The fourth-order valence-corrected chi connectivity index (χ4v) is 2.49. The van der Waals surface area contributed by atoms with Crippen LogP contribution in [0.15, 0.2) is 42.5 Å². The molecule has 0 aliphatic rings. The Labute approximate surface area is 134 Å². The number of rotatable bonds is 5. The van der Waals surface area contributed by atoms with Gasteiger partial charge in [0, 0.05) is 12.2 Å². The molecule has 0 saturated heterocycles. The van der Waals surface area contributed by atoms with Gasteiger partial charge in [-0.1, -0.05) is 51.1 Å². The number of benzene rings is 2. The van der Waals surface area contributed by atoms with Crippen LogP contribution in [-0.2, 0) is 5.41 Å². The van der Waals surface area contributed by atoms with E-state index < -0.39 is 0 Å². The van der Waals surface area contributed by atoms with Crippen molar-refractivity contribution >= 4 is 5.69 Å². The third-order valence-corrected chi connectivity index (χ3v) is 3.87.